The molecule has 3 N–H and O–H groups in total. The Labute approximate surface area is 146 Å². The number of anilines is 1. The maximum atomic E-state index is 12.5. The molecular weight excluding hydrogens is 322 g/mol. The van der Waals surface area contributed by atoms with E-state index in [9.17, 15) is 9.90 Å². The molecule has 0 spiro atoms. The van der Waals surface area contributed by atoms with E-state index in [4.69, 9.17) is 4.52 Å². The van der Waals surface area contributed by atoms with Gasteiger partial charge in [-0.1, -0.05) is 5.16 Å². The van der Waals surface area contributed by atoms with Gasteiger partial charge >= 0.3 is 0 Å². The van der Waals surface area contributed by atoms with Crippen molar-refractivity contribution < 1.29 is 14.4 Å². The van der Waals surface area contributed by atoms with E-state index in [0.29, 0.717) is 31.8 Å². The van der Waals surface area contributed by atoms with Gasteiger partial charge in [0.15, 0.2) is 0 Å². The van der Waals surface area contributed by atoms with Crippen molar-refractivity contribution in [3.05, 3.63) is 35.5 Å². The number of nitrogens with one attached hydrogen (secondary N) is 2. The lowest BCUT2D eigenvalue weighted by Gasteiger charge is -2.33. The number of aromatic nitrogens is 3. The highest BCUT2D eigenvalue weighted by Gasteiger charge is 2.33. The minimum Gasteiger partial charge on any atom is -0.391 e. The van der Waals surface area contributed by atoms with E-state index in [1.54, 1.807) is 18.5 Å². The van der Waals surface area contributed by atoms with E-state index in [1.165, 1.54) is 0 Å². The molecule has 2 aromatic rings. The maximum absolute atomic E-state index is 12.5. The van der Waals surface area contributed by atoms with Crippen molar-refractivity contribution in [3.8, 4) is 0 Å². The van der Waals surface area contributed by atoms with Gasteiger partial charge in [-0.05, 0) is 39.2 Å². The average molecular weight is 345 g/mol. The topological polar surface area (TPSA) is 113 Å². The third-order valence-corrected chi connectivity index (χ3v) is 4.69. The summed E-state index contributed by atoms with van der Waals surface area (Å²) < 4.78 is 5.11. The average Bonchev–Trinajstić information content (AvgIpc) is 2.94. The fourth-order valence-corrected chi connectivity index (χ4v) is 3.16. The van der Waals surface area contributed by atoms with Crippen LogP contribution in [0.25, 0.3) is 0 Å². The molecule has 0 aromatic carbocycles. The highest BCUT2D eigenvalue weighted by Crippen LogP contribution is 2.27. The molecule has 0 unspecified atom stereocenters. The summed E-state index contributed by atoms with van der Waals surface area (Å²) in [4.78, 5) is 20.7. The summed E-state index contributed by atoms with van der Waals surface area (Å²) >= 11 is 0. The number of nitrogens with zero attached hydrogens (tertiary/aromatic N) is 3. The SMILES string of the molecule is Cc1noc(C)c1CNC(=O)[C@H]1CC[C@@H](O)[C@H](Nc2ncccn2)C1. The summed E-state index contributed by atoms with van der Waals surface area (Å²) in [6, 6.07) is 1.49. The summed E-state index contributed by atoms with van der Waals surface area (Å²) in [6.07, 6.45) is 4.51. The van der Waals surface area contributed by atoms with Gasteiger partial charge in [0.25, 0.3) is 0 Å². The normalized spacial score (nSPS) is 23.2. The zero-order chi connectivity index (χ0) is 17.8. The molecule has 3 atom stereocenters. The van der Waals surface area contributed by atoms with E-state index in [1.807, 2.05) is 13.8 Å². The van der Waals surface area contributed by atoms with Crippen LogP contribution in [0.3, 0.4) is 0 Å². The van der Waals surface area contributed by atoms with Crippen molar-refractivity contribution in [2.24, 2.45) is 5.92 Å². The molecule has 134 valence electrons. The fourth-order valence-electron chi connectivity index (χ4n) is 3.16. The van der Waals surface area contributed by atoms with Crippen LogP contribution in [-0.4, -0.2) is 38.3 Å². The van der Waals surface area contributed by atoms with Crippen molar-refractivity contribution in [1.29, 1.82) is 0 Å². The van der Waals surface area contributed by atoms with Crippen LogP contribution < -0.4 is 10.6 Å². The number of carbonyl (C=O) groups excluding carboxylic acids is 1. The second-order valence-electron chi connectivity index (χ2n) is 6.42. The largest absolute Gasteiger partial charge is 0.391 e. The smallest absolute Gasteiger partial charge is 0.223 e. The van der Waals surface area contributed by atoms with Crippen molar-refractivity contribution >= 4 is 11.9 Å². The summed E-state index contributed by atoms with van der Waals surface area (Å²) in [5, 5.41) is 20.2. The summed E-state index contributed by atoms with van der Waals surface area (Å²) in [6.45, 7) is 4.09. The molecule has 1 aliphatic carbocycles. The Bertz CT molecular complexity index is 699. The van der Waals surface area contributed by atoms with E-state index in [2.05, 4.69) is 25.8 Å². The number of hydrogen-bond acceptors (Lipinski definition) is 7. The predicted molar refractivity (Wildman–Crippen MR) is 90.6 cm³/mol. The first-order valence-corrected chi connectivity index (χ1v) is 8.45. The van der Waals surface area contributed by atoms with Gasteiger partial charge in [-0.15, -0.1) is 0 Å². The van der Waals surface area contributed by atoms with Crippen LogP contribution in [0.4, 0.5) is 5.95 Å². The van der Waals surface area contributed by atoms with Gasteiger partial charge < -0.3 is 20.3 Å². The molecule has 0 aliphatic heterocycles. The lowest BCUT2D eigenvalue weighted by atomic mass is 9.83. The van der Waals surface area contributed by atoms with Gasteiger partial charge in [-0.3, -0.25) is 4.79 Å². The number of carbonyl (C=O) groups is 1. The summed E-state index contributed by atoms with van der Waals surface area (Å²) in [5.41, 5.74) is 1.70. The van der Waals surface area contributed by atoms with Gasteiger partial charge in [0.2, 0.25) is 11.9 Å². The standard InChI is InChI=1S/C17H23N5O3/c1-10-13(11(2)25-22-10)9-20-16(24)12-4-5-15(23)14(8-12)21-17-18-6-3-7-19-17/h3,6-7,12,14-15,23H,4-5,8-9H2,1-2H3,(H,20,24)(H,18,19,21)/t12-,14+,15+/m0/s1. The molecule has 1 saturated carbocycles. The molecule has 0 radical (unpaired) electrons. The third kappa shape index (κ3) is 4.14. The Kier molecular flexibility index (Phi) is 5.28. The Morgan fingerprint density at radius 2 is 2.08 bits per heavy atom. The monoisotopic (exact) mass is 345 g/mol. The molecule has 0 saturated heterocycles. The zero-order valence-corrected chi connectivity index (χ0v) is 14.4. The lowest BCUT2D eigenvalue weighted by Crippen LogP contribution is -2.44. The summed E-state index contributed by atoms with van der Waals surface area (Å²) in [7, 11) is 0. The molecule has 2 heterocycles. The Morgan fingerprint density at radius 1 is 1.32 bits per heavy atom. The number of hydrogen-bond donors (Lipinski definition) is 3. The minimum atomic E-state index is -0.518. The Balaban J connectivity index is 1.57. The van der Waals surface area contributed by atoms with Gasteiger partial charge in [-0.25, -0.2) is 9.97 Å². The molecule has 25 heavy (non-hydrogen) atoms. The second-order valence-corrected chi connectivity index (χ2v) is 6.42. The molecule has 1 fully saturated rings. The zero-order valence-electron chi connectivity index (χ0n) is 14.4. The van der Waals surface area contributed by atoms with Crippen molar-refractivity contribution in [1.82, 2.24) is 20.4 Å². The van der Waals surface area contributed by atoms with Crippen LogP contribution in [-0.2, 0) is 11.3 Å². The number of amides is 1. The van der Waals surface area contributed by atoms with Crippen molar-refractivity contribution in [3.63, 3.8) is 0 Å². The molecular formula is C17H23N5O3. The molecule has 2 aromatic heterocycles. The molecule has 3 rings (SSSR count). The van der Waals surface area contributed by atoms with Gasteiger partial charge in [0.05, 0.1) is 17.8 Å². The number of rotatable bonds is 5. The highest BCUT2D eigenvalue weighted by atomic mass is 16.5. The molecule has 8 heteroatoms. The van der Waals surface area contributed by atoms with E-state index in [0.717, 1.165) is 17.0 Å². The van der Waals surface area contributed by atoms with Crippen molar-refractivity contribution in [2.75, 3.05) is 5.32 Å². The summed E-state index contributed by atoms with van der Waals surface area (Å²) in [5.74, 6) is 0.999. The van der Waals surface area contributed by atoms with Gasteiger partial charge in [0, 0.05) is 30.4 Å². The molecule has 1 amide bonds. The number of aliphatic hydroxyl groups is 1. The Hall–Kier alpha value is -2.48. The van der Waals surface area contributed by atoms with E-state index in [-0.39, 0.29) is 17.9 Å². The predicted octanol–water partition coefficient (Wildman–Crippen LogP) is 1.34. The quantitative estimate of drug-likeness (QED) is 0.749. The van der Waals surface area contributed by atoms with Gasteiger partial charge in [0.1, 0.15) is 5.76 Å². The number of aryl methyl sites for hydroxylation is 2. The number of aliphatic hydroxyl groups excluding tert-OH is 1. The minimum absolute atomic E-state index is 0.0207. The Morgan fingerprint density at radius 3 is 2.76 bits per heavy atom. The van der Waals surface area contributed by atoms with E-state index < -0.39 is 6.10 Å². The fraction of sp³-hybridized carbons (Fsp3) is 0.529. The van der Waals surface area contributed by atoms with Crippen LogP contribution in [0.1, 0.15) is 36.3 Å². The molecule has 0 bridgehead atoms. The van der Waals surface area contributed by atoms with Crippen LogP contribution in [0.5, 0.6) is 0 Å². The first kappa shape index (κ1) is 17.3. The van der Waals surface area contributed by atoms with Crippen LogP contribution >= 0.6 is 0 Å². The van der Waals surface area contributed by atoms with Crippen LogP contribution in [0.15, 0.2) is 23.0 Å². The first-order valence-electron chi connectivity index (χ1n) is 8.45. The highest BCUT2D eigenvalue weighted by molar-refractivity contribution is 5.78. The van der Waals surface area contributed by atoms with Gasteiger partial charge in [-0.2, -0.15) is 0 Å². The van der Waals surface area contributed by atoms with E-state index >= 15 is 0 Å². The lowest BCUT2D eigenvalue weighted by molar-refractivity contribution is -0.126. The van der Waals surface area contributed by atoms with Crippen molar-refractivity contribution in [2.45, 2.75) is 51.8 Å². The first-order chi connectivity index (χ1) is 12.0. The van der Waals surface area contributed by atoms with Crippen LogP contribution in [0, 0.1) is 19.8 Å². The van der Waals surface area contributed by atoms with Crippen LogP contribution in [0.2, 0.25) is 0 Å². The maximum Gasteiger partial charge on any atom is 0.223 e. The third-order valence-electron chi connectivity index (χ3n) is 4.69. The molecule has 8 nitrogen and oxygen atoms in total. The second kappa shape index (κ2) is 7.60. The molecule has 1 aliphatic rings.